The van der Waals surface area contributed by atoms with E-state index in [-0.39, 0.29) is 18.1 Å². The van der Waals surface area contributed by atoms with Gasteiger partial charge in [0, 0.05) is 12.5 Å². The van der Waals surface area contributed by atoms with E-state index in [0.717, 1.165) is 0 Å². The van der Waals surface area contributed by atoms with Crippen molar-refractivity contribution in [2.45, 2.75) is 13.8 Å². The summed E-state index contributed by atoms with van der Waals surface area (Å²) in [6.07, 6.45) is 0. The SMILES string of the molecule is CC(=O)OCC(=O)c1ccc(O)cc1C. The molecule has 0 saturated heterocycles. The molecule has 0 radical (unpaired) electrons. The molecule has 0 aliphatic rings. The molecular formula is C11H12O4. The van der Waals surface area contributed by atoms with E-state index in [1.54, 1.807) is 6.92 Å². The molecule has 4 heteroatoms. The molecule has 15 heavy (non-hydrogen) atoms. The Morgan fingerprint density at radius 2 is 2.07 bits per heavy atom. The van der Waals surface area contributed by atoms with Gasteiger partial charge in [0.2, 0.25) is 5.78 Å². The molecule has 0 aromatic heterocycles. The Labute approximate surface area is 87.5 Å². The van der Waals surface area contributed by atoms with E-state index in [0.29, 0.717) is 11.1 Å². The van der Waals surface area contributed by atoms with Crippen LogP contribution in [0.25, 0.3) is 0 Å². The van der Waals surface area contributed by atoms with Crippen LogP contribution in [0.4, 0.5) is 0 Å². The maximum atomic E-state index is 11.5. The Bertz CT molecular complexity index is 396. The zero-order valence-electron chi connectivity index (χ0n) is 8.61. The smallest absolute Gasteiger partial charge is 0.303 e. The first-order valence-corrected chi connectivity index (χ1v) is 4.47. The van der Waals surface area contributed by atoms with Gasteiger partial charge in [-0.05, 0) is 30.7 Å². The highest BCUT2D eigenvalue weighted by molar-refractivity contribution is 5.99. The van der Waals surface area contributed by atoms with Crippen molar-refractivity contribution in [2.75, 3.05) is 6.61 Å². The fourth-order valence-corrected chi connectivity index (χ4v) is 1.21. The number of benzene rings is 1. The summed E-state index contributed by atoms with van der Waals surface area (Å²) in [5.41, 5.74) is 1.11. The van der Waals surface area contributed by atoms with Crippen LogP contribution < -0.4 is 0 Å². The van der Waals surface area contributed by atoms with Crippen LogP contribution in [0.2, 0.25) is 0 Å². The van der Waals surface area contributed by atoms with E-state index in [1.807, 2.05) is 0 Å². The summed E-state index contributed by atoms with van der Waals surface area (Å²) in [5, 5.41) is 9.14. The van der Waals surface area contributed by atoms with E-state index in [1.165, 1.54) is 25.1 Å². The molecule has 1 N–H and O–H groups in total. The van der Waals surface area contributed by atoms with Crippen molar-refractivity contribution < 1.29 is 19.4 Å². The summed E-state index contributed by atoms with van der Waals surface area (Å²) in [4.78, 5) is 22.0. The van der Waals surface area contributed by atoms with E-state index in [4.69, 9.17) is 5.11 Å². The Hall–Kier alpha value is -1.84. The highest BCUT2D eigenvalue weighted by Crippen LogP contribution is 2.16. The Morgan fingerprint density at radius 3 is 2.60 bits per heavy atom. The lowest BCUT2D eigenvalue weighted by Crippen LogP contribution is -2.12. The molecule has 0 heterocycles. The molecule has 0 spiro atoms. The van der Waals surface area contributed by atoms with Crippen molar-refractivity contribution in [1.29, 1.82) is 0 Å². The van der Waals surface area contributed by atoms with Gasteiger partial charge in [-0.3, -0.25) is 9.59 Å². The summed E-state index contributed by atoms with van der Waals surface area (Å²) >= 11 is 0. The molecule has 4 nitrogen and oxygen atoms in total. The van der Waals surface area contributed by atoms with E-state index < -0.39 is 5.97 Å². The second kappa shape index (κ2) is 4.59. The Kier molecular flexibility index (Phi) is 3.44. The van der Waals surface area contributed by atoms with Crippen LogP contribution in [0.15, 0.2) is 18.2 Å². The third-order valence-corrected chi connectivity index (χ3v) is 1.92. The molecule has 0 fully saturated rings. The van der Waals surface area contributed by atoms with E-state index >= 15 is 0 Å². The lowest BCUT2D eigenvalue weighted by atomic mass is 10.1. The summed E-state index contributed by atoms with van der Waals surface area (Å²) in [6.45, 7) is 2.69. The van der Waals surface area contributed by atoms with Crippen LogP contribution in [0, 0.1) is 6.92 Å². The number of aryl methyl sites for hydroxylation is 1. The van der Waals surface area contributed by atoms with Crippen LogP contribution in [0.5, 0.6) is 5.75 Å². The molecule has 80 valence electrons. The standard InChI is InChI=1S/C11H12O4/c1-7-5-9(13)3-4-10(7)11(14)6-15-8(2)12/h3-5,13H,6H2,1-2H3. The van der Waals surface area contributed by atoms with E-state index in [2.05, 4.69) is 4.74 Å². The number of phenols is 1. The number of Topliss-reactive ketones (excluding diaryl/α,β-unsaturated/α-hetero) is 1. The Balaban J connectivity index is 2.78. The largest absolute Gasteiger partial charge is 0.508 e. The Morgan fingerprint density at radius 1 is 1.40 bits per heavy atom. The topological polar surface area (TPSA) is 63.6 Å². The summed E-state index contributed by atoms with van der Waals surface area (Å²) in [6, 6.07) is 4.42. The lowest BCUT2D eigenvalue weighted by Gasteiger charge is -2.05. The molecular weight excluding hydrogens is 196 g/mol. The zero-order valence-corrected chi connectivity index (χ0v) is 8.61. The highest BCUT2D eigenvalue weighted by atomic mass is 16.5. The van der Waals surface area contributed by atoms with Gasteiger partial charge >= 0.3 is 5.97 Å². The number of carbonyl (C=O) groups excluding carboxylic acids is 2. The van der Waals surface area contributed by atoms with Crippen LogP contribution >= 0.6 is 0 Å². The van der Waals surface area contributed by atoms with Gasteiger partial charge in [0.05, 0.1) is 0 Å². The fraction of sp³-hybridized carbons (Fsp3) is 0.273. The van der Waals surface area contributed by atoms with Crippen LogP contribution in [-0.4, -0.2) is 23.5 Å². The number of ketones is 1. The third kappa shape index (κ3) is 3.09. The van der Waals surface area contributed by atoms with Gasteiger partial charge < -0.3 is 9.84 Å². The predicted octanol–water partition coefficient (Wildman–Crippen LogP) is 1.45. The van der Waals surface area contributed by atoms with Crippen molar-refractivity contribution >= 4 is 11.8 Å². The first-order chi connectivity index (χ1) is 7.00. The molecule has 1 aromatic rings. The van der Waals surface area contributed by atoms with Crippen molar-refractivity contribution in [3.8, 4) is 5.75 Å². The molecule has 0 amide bonds. The highest BCUT2D eigenvalue weighted by Gasteiger charge is 2.10. The van der Waals surface area contributed by atoms with Crippen molar-refractivity contribution in [2.24, 2.45) is 0 Å². The van der Waals surface area contributed by atoms with Gasteiger partial charge in [-0.2, -0.15) is 0 Å². The number of phenolic OH excluding ortho intramolecular Hbond substituents is 1. The van der Waals surface area contributed by atoms with Gasteiger partial charge in [-0.25, -0.2) is 0 Å². The maximum Gasteiger partial charge on any atom is 0.303 e. The summed E-state index contributed by atoms with van der Waals surface area (Å²) in [5.74, 6) is -0.654. The van der Waals surface area contributed by atoms with Gasteiger partial charge in [0.15, 0.2) is 6.61 Å². The maximum absolute atomic E-state index is 11.5. The molecule has 1 aromatic carbocycles. The molecule has 1 rings (SSSR count). The second-order valence-corrected chi connectivity index (χ2v) is 3.20. The molecule has 0 saturated carbocycles. The first kappa shape index (κ1) is 11.2. The molecule has 0 aliphatic heterocycles. The van der Waals surface area contributed by atoms with Gasteiger partial charge in [-0.15, -0.1) is 0 Å². The number of hydrogen-bond donors (Lipinski definition) is 1. The van der Waals surface area contributed by atoms with Crippen LogP contribution in [-0.2, 0) is 9.53 Å². The van der Waals surface area contributed by atoms with Crippen molar-refractivity contribution in [3.63, 3.8) is 0 Å². The van der Waals surface area contributed by atoms with Gasteiger partial charge in [0.1, 0.15) is 5.75 Å². The normalized spacial score (nSPS) is 9.73. The summed E-state index contributed by atoms with van der Waals surface area (Å²) < 4.78 is 4.59. The first-order valence-electron chi connectivity index (χ1n) is 4.47. The predicted molar refractivity (Wildman–Crippen MR) is 53.8 cm³/mol. The number of hydrogen-bond acceptors (Lipinski definition) is 4. The number of ether oxygens (including phenoxy) is 1. The average molecular weight is 208 g/mol. The van der Waals surface area contributed by atoms with E-state index in [9.17, 15) is 9.59 Å². The third-order valence-electron chi connectivity index (χ3n) is 1.92. The number of carbonyl (C=O) groups is 2. The summed E-state index contributed by atoms with van der Waals surface area (Å²) in [7, 11) is 0. The molecule has 0 bridgehead atoms. The number of esters is 1. The molecule has 0 unspecified atom stereocenters. The van der Waals surface area contributed by atoms with Crippen LogP contribution in [0.1, 0.15) is 22.8 Å². The monoisotopic (exact) mass is 208 g/mol. The van der Waals surface area contributed by atoms with Gasteiger partial charge in [0.25, 0.3) is 0 Å². The number of rotatable bonds is 3. The van der Waals surface area contributed by atoms with Crippen LogP contribution in [0.3, 0.4) is 0 Å². The minimum Gasteiger partial charge on any atom is -0.508 e. The number of aromatic hydroxyl groups is 1. The quantitative estimate of drug-likeness (QED) is 0.603. The minimum atomic E-state index is -0.486. The van der Waals surface area contributed by atoms with Gasteiger partial charge in [-0.1, -0.05) is 0 Å². The second-order valence-electron chi connectivity index (χ2n) is 3.20. The van der Waals surface area contributed by atoms with Crippen molar-refractivity contribution in [1.82, 2.24) is 0 Å². The lowest BCUT2D eigenvalue weighted by molar-refractivity contribution is -0.139. The zero-order chi connectivity index (χ0) is 11.4. The molecule has 0 aliphatic carbocycles. The average Bonchev–Trinajstić information content (AvgIpc) is 2.14. The fourth-order valence-electron chi connectivity index (χ4n) is 1.21. The molecule has 0 atom stereocenters. The minimum absolute atomic E-state index is 0.108. The van der Waals surface area contributed by atoms with Crippen molar-refractivity contribution in [3.05, 3.63) is 29.3 Å².